The Balaban J connectivity index is 2.05. The summed E-state index contributed by atoms with van der Waals surface area (Å²) in [6, 6.07) is 8.64. The van der Waals surface area contributed by atoms with Crippen LogP contribution in [0.15, 0.2) is 28.7 Å². The molecule has 0 saturated carbocycles. The van der Waals surface area contributed by atoms with Gasteiger partial charge in [0.25, 0.3) is 0 Å². The maximum Gasteiger partial charge on any atom is 0.176 e. The minimum atomic E-state index is 0.317. The molecule has 0 spiro atoms. The number of aromatic nitrogens is 4. The number of benzene rings is 1. The normalized spacial score (nSPS) is 12.6. The van der Waals surface area contributed by atoms with Crippen molar-refractivity contribution in [2.75, 3.05) is 6.54 Å². The molecular weight excluding hydrogens is 318 g/mol. The zero-order chi connectivity index (χ0) is 14.4. The number of hydrogen-bond acceptors (Lipinski definition) is 4. The fraction of sp³-hybridized carbons (Fsp3) is 0.500. The molecule has 108 valence electrons. The fourth-order valence-corrected chi connectivity index (χ4v) is 2.57. The van der Waals surface area contributed by atoms with Gasteiger partial charge in [-0.3, -0.25) is 0 Å². The van der Waals surface area contributed by atoms with Crippen molar-refractivity contribution in [3.8, 4) is 0 Å². The highest BCUT2D eigenvalue weighted by molar-refractivity contribution is 9.10. The van der Waals surface area contributed by atoms with Crippen molar-refractivity contribution in [3.63, 3.8) is 0 Å². The van der Waals surface area contributed by atoms with Crippen molar-refractivity contribution in [2.45, 2.75) is 32.2 Å². The van der Waals surface area contributed by atoms with Gasteiger partial charge in [0.2, 0.25) is 0 Å². The molecule has 1 aromatic heterocycles. The lowest BCUT2D eigenvalue weighted by molar-refractivity contribution is 0.493. The lowest BCUT2D eigenvalue weighted by Crippen LogP contribution is -2.34. The van der Waals surface area contributed by atoms with Crippen molar-refractivity contribution in [1.82, 2.24) is 25.5 Å². The highest BCUT2D eigenvalue weighted by atomic mass is 79.9. The SMILES string of the molecule is CCCNC(Cc1nnn(C)n1)Cc1ccccc1Br. The van der Waals surface area contributed by atoms with Gasteiger partial charge in [0.05, 0.1) is 7.05 Å². The van der Waals surface area contributed by atoms with Crippen molar-refractivity contribution in [2.24, 2.45) is 7.05 Å². The number of aryl methyl sites for hydroxylation is 1. The standard InChI is InChI=1S/C14H20BrN5/c1-3-8-16-12(10-14-17-19-20(2)18-14)9-11-6-4-5-7-13(11)15/h4-7,12,16H,3,8-10H2,1-2H3. The summed E-state index contributed by atoms with van der Waals surface area (Å²) < 4.78 is 1.15. The van der Waals surface area contributed by atoms with E-state index in [9.17, 15) is 0 Å². The van der Waals surface area contributed by atoms with Crippen LogP contribution in [-0.2, 0) is 19.9 Å². The zero-order valence-electron chi connectivity index (χ0n) is 11.9. The molecule has 1 unspecified atom stereocenters. The zero-order valence-corrected chi connectivity index (χ0v) is 13.5. The van der Waals surface area contributed by atoms with Gasteiger partial charge in [-0.2, -0.15) is 4.80 Å². The van der Waals surface area contributed by atoms with Crippen LogP contribution in [0.1, 0.15) is 24.7 Å². The second-order valence-electron chi connectivity index (χ2n) is 4.85. The second-order valence-corrected chi connectivity index (χ2v) is 5.70. The highest BCUT2D eigenvalue weighted by Gasteiger charge is 2.14. The molecule has 2 aromatic rings. The molecule has 1 heterocycles. The van der Waals surface area contributed by atoms with Crippen LogP contribution in [0.4, 0.5) is 0 Å². The summed E-state index contributed by atoms with van der Waals surface area (Å²) in [5.74, 6) is 0.785. The Morgan fingerprint density at radius 2 is 2.10 bits per heavy atom. The van der Waals surface area contributed by atoms with E-state index < -0.39 is 0 Å². The Morgan fingerprint density at radius 1 is 1.30 bits per heavy atom. The van der Waals surface area contributed by atoms with Crippen LogP contribution >= 0.6 is 15.9 Å². The van der Waals surface area contributed by atoms with E-state index in [0.29, 0.717) is 6.04 Å². The third-order valence-corrected chi connectivity index (χ3v) is 3.86. The Bertz CT molecular complexity index is 540. The lowest BCUT2D eigenvalue weighted by Gasteiger charge is -2.17. The van der Waals surface area contributed by atoms with Gasteiger partial charge in [-0.05, 0) is 36.2 Å². The number of halogens is 1. The molecule has 0 fully saturated rings. The first-order chi connectivity index (χ1) is 9.69. The van der Waals surface area contributed by atoms with E-state index in [0.717, 1.165) is 36.1 Å². The molecule has 0 amide bonds. The molecule has 0 aliphatic rings. The predicted octanol–water partition coefficient (Wildman–Crippen LogP) is 2.13. The average molecular weight is 338 g/mol. The van der Waals surface area contributed by atoms with E-state index in [1.54, 1.807) is 7.05 Å². The lowest BCUT2D eigenvalue weighted by atomic mass is 10.0. The molecule has 0 radical (unpaired) electrons. The summed E-state index contributed by atoms with van der Waals surface area (Å²) in [6.07, 6.45) is 2.84. The van der Waals surface area contributed by atoms with Crippen molar-refractivity contribution in [1.29, 1.82) is 0 Å². The van der Waals surface area contributed by atoms with E-state index in [4.69, 9.17) is 0 Å². The molecule has 2 rings (SSSR count). The molecule has 0 aliphatic heterocycles. The Hall–Kier alpha value is -1.27. The van der Waals surface area contributed by atoms with Gasteiger partial charge >= 0.3 is 0 Å². The molecule has 5 nitrogen and oxygen atoms in total. The Morgan fingerprint density at radius 3 is 2.75 bits per heavy atom. The maximum atomic E-state index is 4.27. The largest absolute Gasteiger partial charge is 0.313 e. The summed E-state index contributed by atoms with van der Waals surface area (Å²) in [7, 11) is 1.79. The quantitative estimate of drug-likeness (QED) is 0.840. The molecule has 0 aliphatic carbocycles. The van der Waals surface area contributed by atoms with Crippen LogP contribution in [0.5, 0.6) is 0 Å². The van der Waals surface area contributed by atoms with Crippen LogP contribution in [0.2, 0.25) is 0 Å². The summed E-state index contributed by atoms with van der Waals surface area (Å²) in [6.45, 7) is 3.17. The van der Waals surface area contributed by atoms with Crippen LogP contribution in [0.3, 0.4) is 0 Å². The third-order valence-electron chi connectivity index (χ3n) is 3.09. The minimum Gasteiger partial charge on any atom is -0.313 e. The van der Waals surface area contributed by atoms with Gasteiger partial charge in [0.15, 0.2) is 5.82 Å². The van der Waals surface area contributed by atoms with Gasteiger partial charge in [0.1, 0.15) is 0 Å². The summed E-state index contributed by atoms with van der Waals surface area (Å²) >= 11 is 3.61. The van der Waals surface area contributed by atoms with Crippen molar-refractivity contribution in [3.05, 3.63) is 40.1 Å². The predicted molar refractivity (Wildman–Crippen MR) is 82.4 cm³/mol. The van der Waals surface area contributed by atoms with Crippen LogP contribution in [-0.4, -0.2) is 32.8 Å². The van der Waals surface area contributed by atoms with Gasteiger partial charge in [-0.1, -0.05) is 41.1 Å². The number of tetrazole rings is 1. The molecule has 1 aromatic carbocycles. The monoisotopic (exact) mass is 337 g/mol. The topological polar surface area (TPSA) is 55.6 Å². The second kappa shape index (κ2) is 7.50. The molecule has 0 bridgehead atoms. The Labute approximate surface area is 127 Å². The number of hydrogen-bond donors (Lipinski definition) is 1. The van der Waals surface area contributed by atoms with E-state index in [1.807, 2.05) is 6.07 Å². The van der Waals surface area contributed by atoms with Gasteiger partial charge in [-0.15, -0.1) is 10.2 Å². The van der Waals surface area contributed by atoms with Crippen molar-refractivity contribution < 1.29 is 0 Å². The molecule has 20 heavy (non-hydrogen) atoms. The smallest absolute Gasteiger partial charge is 0.176 e. The van der Waals surface area contributed by atoms with Crippen LogP contribution < -0.4 is 5.32 Å². The van der Waals surface area contributed by atoms with E-state index >= 15 is 0 Å². The molecule has 1 atom stereocenters. The molecule has 1 N–H and O–H groups in total. The first-order valence-electron chi connectivity index (χ1n) is 6.88. The summed E-state index contributed by atoms with van der Waals surface area (Å²) in [5.41, 5.74) is 1.30. The van der Waals surface area contributed by atoms with Gasteiger partial charge in [0, 0.05) is 16.9 Å². The van der Waals surface area contributed by atoms with E-state index in [1.165, 1.54) is 10.4 Å². The summed E-state index contributed by atoms with van der Waals surface area (Å²) in [5, 5.41) is 15.8. The highest BCUT2D eigenvalue weighted by Crippen LogP contribution is 2.18. The van der Waals surface area contributed by atoms with Crippen molar-refractivity contribution >= 4 is 15.9 Å². The van der Waals surface area contributed by atoms with Gasteiger partial charge in [-0.25, -0.2) is 0 Å². The fourth-order valence-electron chi connectivity index (χ4n) is 2.12. The number of nitrogens with zero attached hydrogens (tertiary/aromatic N) is 4. The molecule has 6 heteroatoms. The van der Waals surface area contributed by atoms with Gasteiger partial charge < -0.3 is 5.32 Å². The first kappa shape index (κ1) is 15.1. The number of nitrogens with one attached hydrogen (secondary N) is 1. The van der Waals surface area contributed by atoms with Crippen LogP contribution in [0, 0.1) is 0 Å². The number of rotatable bonds is 7. The molecular formula is C14H20BrN5. The summed E-state index contributed by atoms with van der Waals surface area (Å²) in [4.78, 5) is 1.50. The van der Waals surface area contributed by atoms with Crippen LogP contribution in [0.25, 0.3) is 0 Å². The van der Waals surface area contributed by atoms with E-state index in [2.05, 4.69) is 61.8 Å². The third kappa shape index (κ3) is 4.38. The first-order valence-corrected chi connectivity index (χ1v) is 7.68. The minimum absolute atomic E-state index is 0.317. The van der Waals surface area contributed by atoms with E-state index in [-0.39, 0.29) is 0 Å². The average Bonchev–Trinajstić information content (AvgIpc) is 2.84. The molecule has 0 saturated heterocycles. The maximum absolute atomic E-state index is 4.27. The Kier molecular flexibility index (Phi) is 5.67.